The van der Waals surface area contributed by atoms with E-state index >= 15 is 0 Å². The van der Waals surface area contributed by atoms with Crippen molar-refractivity contribution in [1.29, 1.82) is 0 Å². The third kappa shape index (κ3) is 4.82. The van der Waals surface area contributed by atoms with E-state index in [9.17, 15) is 18.8 Å². The van der Waals surface area contributed by atoms with Crippen LogP contribution in [0.2, 0.25) is 0 Å². The Kier molecular flexibility index (Phi) is 6.04. The van der Waals surface area contributed by atoms with Crippen LogP contribution in [0.3, 0.4) is 0 Å². The molecule has 33 heavy (non-hydrogen) atoms. The third-order valence-corrected chi connectivity index (χ3v) is 5.24. The van der Waals surface area contributed by atoms with Crippen LogP contribution >= 0.6 is 0 Å². The Labute approximate surface area is 190 Å². The number of nitrogens with zero attached hydrogens (tertiary/aromatic N) is 1. The number of imide groups is 1. The van der Waals surface area contributed by atoms with Gasteiger partial charge in [-0.15, -0.1) is 0 Å². The van der Waals surface area contributed by atoms with Gasteiger partial charge in [-0.2, -0.15) is 0 Å². The Hall–Kier alpha value is -4.26. The maximum atomic E-state index is 13.4. The predicted octanol–water partition coefficient (Wildman–Crippen LogP) is 4.48. The summed E-state index contributed by atoms with van der Waals surface area (Å²) in [5.41, 5.74) is 3.82. The average molecular weight is 443 g/mol. The van der Waals surface area contributed by atoms with E-state index in [1.54, 1.807) is 24.3 Å². The van der Waals surface area contributed by atoms with E-state index in [0.29, 0.717) is 16.9 Å². The molecule has 2 N–H and O–H groups in total. The minimum Gasteiger partial charge on any atom is -0.350 e. The number of carbonyl (C=O) groups excluding carboxylic acids is 3. The zero-order chi connectivity index (χ0) is 23.5. The van der Waals surface area contributed by atoms with Crippen molar-refractivity contribution < 1.29 is 18.8 Å². The molecule has 0 aliphatic carbocycles. The molecule has 0 aromatic heterocycles. The second-order valence-electron chi connectivity index (χ2n) is 7.82. The van der Waals surface area contributed by atoms with Gasteiger partial charge in [-0.25, -0.2) is 4.39 Å². The number of nitrogens with one attached hydrogen (secondary N) is 2. The van der Waals surface area contributed by atoms with Crippen LogP contribution in [0.15, 0.2) is 78.5 Å². The summed E-state index contributed by atoms with van der Waals surface area (Å²) in [6.07, 6.45) is 0. The molecule has 0 saturated heterocycles. The highest BCUT2D eigenvalue weighted by Gasteiger charge is 2.39. The summed E-state index contributed by atoms with van der Waals surface area (Å²) in [6, 6.07) is 19.8. The van der Waals surface area contributed by atoms with E-state index in [1.165, 1.54) is 36.1 Å². The van der Waals surface area contributed by atoms with Crippen molar-refractivity contribution in [2.45, 2.75) is 20.4 Å². The maximum absolute atomic E-state index is 13.4. The SMILES string of the molecule is CC(=O)Nc1ccc(C2=C(Nc3ccc(F)cc3)C(=O)N(Cc3ccc(C)cc3)C2=O)cc1. The highest BCUT2D eigenvalue weighted by Crippen LogP contribution is 2.32. The molecule has 0 spiro atoms. The van der Waals surface area contributed by atoms with Crippen molar-refractivity contribution >= 4 is 34.7 Å². The minimum atomic E-state index is -0.467. The first kappa shape index (κ1) is 22.0. The topological polar surface area (TPSA) is 78.5 Å². The Balaban J connectivity index is 1.70. The van der Waals surface area contributed by atoms with Gasteiger partial charge in [-0.3, -0.25) is 19.3 Å². The number of hydrogen-bond acceptors (Lipinski definition) is 4. The smallest absolute Gasteiger partial charge is 0.278 e. The molecule has 1 aliphatic rings. The summed E-state index contributed by atoms with van der Waals surface area (Å²) in [5.74, 6) is -1.52. The maximum Gasteiger partial charge on any atom is 0.278 e. The van der Waals surface area contributed by atoms with Crippen LogP contribution in [0.1, 0.15) is 23.6 Å². The molecular weight excluding hydrogens is 421 g/mol. The van der Waals surface area contributed by atoms with Gasteiger partial charge in [0.2, 0.25) is 5.91 Å². The molecule has 3 aromatic rings. The van der Waals surface area contributed by atoms with Crippen LogP contribution in [0.5, 0.6) is 0 Å². The number of amides is 3. The van der Waals surface area contributed by atoms with E-state index in [-0.39, 0.29) is 23.7 Å². The van der Waals surface area contributed by atoms with Gasteiger partial charge in [0.15, 0.2) is 0 Å². The predicted molar refractivity (Wildman–Crippen MR) is 124 cm³/mol. The first-order valence-corrected chi connectivity index (χ1v) is 10.4. The van der Waals surface area contributed by atoms with Crippen LogP contribution in [-0.4, -0.2) is 22.6 Å². The van der Waals surface area contributed by atoms with Gasteiger partial charge in [0.05, 0.1) is 12.1 Å². The second kappa shape index (κ2) is 9.08. The van der Waals surface area contributed by atoms with Crippen LogP contribution in [0, 0.1) is 12.7 Å². The third-order valence-electron chi connectivity index (χ3n) is 5.24. The van der Waals surface area contributed by atoms with Gasteiger partial charge >= 0.3 is 0 Å². The molecule has 166 valence electrons. The van der Waals surface area contributed by atoms with E-state index < -0.39 is 17.6 Å². The number of halogens is 1. The van der Waals surface area contributed by atoms with E-state index in [2.05, 4.69) is 10.6 Å². The van der Waals surface area contributed by atoms with Crippen molar-refractivity contribution in [1.82, 2.24) is 4.90 Å². The lowest BCUT2D eigenvalue weighted by Gasteiger charge is -2.15. The molecule has 0 bridgehead atoms. The first-order valence-electron chi connectivity index (χ1n) is 10.4. The monoisotopic (exact) mass is 443 g/mol. The van der Waals surface area contributed by atoms with Gasteiger partial charge in [0.1, 0.15) is 11.5 Å². The molecule has 7 heteroatoms. The fourth-order valence-electron chi connectivity index (χ4n) is 3.58. The average Bonchev–Trinajstić information content (AvgIpc) is 3.01. The Morgan fingerprint density at radius 2 is 1.45 bits per heavy atom. The van der Waals surface area contributed by atoms with Crippen molar-refractivity contribution in [3.8, 4) is 0 Å². The standard InChI is InChI=1S/C26H22FN3O3/c1-16-3-5-18(6-4-16)15-30-25(32)23(19-7-11-21(12-8-19)28-17(2)31)24(26(30)33)29-22-13-9-20(27)10-14-22/h3-14,29H,15H2,1-2H3,(H,28,31). The first-order chi connectivity index (χ1) is 15.8. The highest BCUT2D eigenvalue weighted by molar-refractivity contribution is 6.36. The zero-order valence-corrected chi connectivity index (χ0v) is 18.2. The molecule has 0 atom stereocenters. The summed E-state index contributed by atoms with van der Waals surface area (Å²) in [6.45, 7) is 3.49. The number of aryl methyl sites for hydroxylation is 1. The molecule has 1 heterocycles. The van der Waals surface area contributed by atoms with Crippen molar-refractivity contribution in [2.24, 2.45) is 0 Å². The Morgan fingerprint density at radius 1 is 0.848 bits per heavy atom. The van der Waals surface area contributed by atoms with E-state index in [4.69, 9.17) is 0 Å². The van der Waals surface area contributed by atoms with Crippen LogP contribution in [0.4, 0.5) is 15.8 Å². The molecule has 3 aromatic carbocycles. The normalized spacial score (nSPS) is 13.5. The molecule has 3 amide bonds. The number of carbonyl (C=O) groups is 3. The summed E-state index contributed by atoms with van der Waals surface area (Å²) in [5, 5.41) is 5.68. The lowest BCUT2D eigenvalue weighted by molar-refractivity contribution is -0.137. The van der Waals surface area contributed by atoms with E-state index in [0.717, 1.165) is 11.1 Å². The van der Waals surface area contributed by atoms with Gasteiger partial charge < -0.3 is 10.6 Å². The Morgan fingerprint density at radius 3 is 2.06 bits per heavy atom. The van der Waals surface area contributed by atoms with Crippen molar-refractivity contribution in [3.05, 3.63) is 101 Å². The fourth-order valence-corrected chi connectivity index (χ4v) is 3.58. The molecule has 4 rings (SSSR count). The summed E-state index contributed by atoms with van der Waals surface area (Å²) in [4.78, 5) is 39.2. The molecule has 0 unspecified atom stereocenters. The second-order valence-corrected chi connectivity index (χ2v) is 7.82. The quantitative estimate of drug-likeness (QED) is 0.551. The van der Waals surface area contributed by atoms with Gasteiger partial charge in [0, 0.05) is 18.3 Å². The fraction of sp³-hybridized carbons (Fsp3) is 0.115. The van der Waals surface area contributed by atoms with Crippen LogP contribution in [-0.2, 0) is 20.9 Å². The molecule has 0 radical (unpaired) electrons. The van der Waals surface area contributed by atoms with Crippen LogP contribution in [0.25, 0.3) is 5.57 Å². The molecule has 1 aliphatic heterocycles. The number of rotatable bonds is 6. The van der Waals surface area contributed by atoms with Crippen molar-refractivity contribution in [3.63, 3.8) is 0 Å². The highest BCUT2D eigenvalue weighted by atomic mass is 19.1. The number of anilines is 2. The summed E-state index contributed by atoms with van der Waals surface area (Å²) < 4.78 is 13.3. The number of benzene rings is 3. The molecule has 0 fully saturated rings. The van der Waals surface area contributed by atoms with Gasteiger partial charge in [0.25, 0.3) is 11.8 Å². The largest absolute Gasteiger partial charge is 0.350 e. The van der Waals surface area contributed by atoms with E-state index in [1.807, 2.05) is 31.2 Å². The lowest BCUT2D eigenvalue weighted by atomic mass is 10.0. The molecule has 6 nitrogen and oxygen atoms in total. The van der Waals surface area contributed by atoms with Gasteiger partial charge in [-0.1, -0.05) is 42.0 Å². The Bertz CT molecular complexity index is 1250. The summed E-state index contributed by atoms with van der Waals surface area (Å²) >= 11 is 0. The van der Waals surface area contributed by atoms with Crippen LogP contribution < -0.4 is 10.6 Å². The lowest BCUT2D eigenvalue weighted by Crippen LogP contribution is -2.32. The molecule has 0 saturated carbocycles. The molecular formula is C26H22FN3O3. The number of hydrogen-bond donors (Lipinski definition) is 2. The minimum absolute atomic E-state index is 0.117. The zero-order valence-electron chi connectivity index (χ0n) is 18.2. The summed E-state index contributed by atoms with van der Waals surface area (Å²) in [7, 11) is 0. The van der Waals surface area contributed by atoms with Gasteiger partial charge in [-0.05, 0) is 54.4 Å². The van der Waals surface area contributed by atoms with Crippen molar-refractivity contribution in [2.75, 3.05) is 10.6 Å².